The molecule has 15 heavy (non-hydrogen) atoms. The fourth-order valence-electron chi connectivity index (χ4n) is 1.34. The lowest BCUT2D eigenvalue weighted by Crippen LogP contribution is -2.21. The Labute approximate surface area is 103 Å². The first kappa shape index (κ1) is 14.8. The van der Waals surface area contributed by atoms with Crippen LogP contribution in [0.3, 0.4) is 0 Å². The van der Waals surface area contributed by atoms with Crippen LogP contribution in [0.1, 0.15) is 25.8 Å². The van der Waals surface area contributed by atoms with Gasteiger partial charge in [0.25, 0.3) is 0 Å². The molecule has 86 valence electrons. The second-order valence-electron chi connectivity index (χ2n) is 3.45. The normalized spacial score (nSPS) is 11.9. The van der Waals surface area contributed by atoms with Crippen LogP contribution in [-0.4, -0.2) is 11.8 Å². The van der Waals surface area contributed by atoms with E-state index in [0.717, 1.165) is 18.6 Å². The molecule has 3 heteroatoms. The number of thioether (sulfide) groups is 1. The van der Waals surface area contributed by atoms with Crippen molar-refractivity contribution in [3.63, 3.8) is 0 Å². The minimum absolute atomic E-state index is 0. The highest BCUT2D eigenvalue weighted by molar-refractivity contribution is 7.99. The maximum atomic E-state index is 5.90. The summed E-state index contributed by atoms with van der Waals surface area (Å²) in [6.07, 6.45) is 2.04. The number of halogens is 1. The molecule has 0 saturated heterocycles. The van der Waals surface area contributed by atoms with Crippen molar-refractivity contribution < 1.29 is 0 Å². The molecule has 0 aliphatic carbocycles. The van der Waals surface area contributed by atoms with Gasteiger partial charge < -0.3 is 5.73 Å². The largest absolute Gasteiger partial charge is 0.327 e. The molecule has 1 aromatic carbocycles. The number of benzene rings is 1. The van der Waals surface area contributed by atoms with Gasteiger partial charge in [0.1, 0.15) is 0 Å². The maximum Gasteiger partial charge on any atom is 0.00766 e. The fraction of sp³-hybridized carbons (Fsp3) is 0.500. The van der Waals surface area contributed by atoms with Gasteiger partial charge in [-0.05, 0) is 36.3 Å². The van der Waals surface area contributed by atoms with E-state index in [1.165, 1.54) is 10.5 Å². The van der Waals surface area contributed by atoms with Gasteiger partial charge in [-0.15, -0.1) is 24.2 Å². The van der Waals surface area contributed by atoms with Gasteiger partial charge in [0.2, 0.25) is 0 Å². The molecule has 1 nitrogen and oxygen atoms in total. The molecule has 0 amide bonds. The molecule has 0 bridgehead atoms. The first-order valence-corrected chi connectivity index (χ1v) is 6.22. The van der Waals surface area contributed by atoms with Crippen molar-refractivity contribution in [2.24, 2.45) is 5.73 Å². The Morgan fingerprint density at radius 3 is 2.27 bits per heavy atom. The molecule has 1 unspecified atom stereocenters. The summed E-state index contributed by atoms with van der Waals surface area (Å²) in [4.78, 5) is 1.35. The maximum absolute atomic E-state index is 5.90. The van der Waals surface area contributed by atoms with Crippen molar-refractivity contribution in [1.82, 2.24) is 0 Å². The predicted molar refractivity (Wildman–Crippen MR) is 72.1 cm³/mol. The van der Waals surface area contributed by atoms with E-state index in [2.05, 4.69) is 38.1 Å². The lowest BCUT2D eigenvalue weighted by Gasteiger charge is -2.08. The zero-order chi connectivity index (χ0) is 10.4. The van der Waals surface area contributed by atoms with Crippen LogP contribution >= 0.6 is 24.2 Å². The van der Waals surface area contributed by atoms with Crippen LogP contribution in [-0.2, 0) is 6.42 Å². The van der Waals surface area contributed by atoms with E-state index in [1.54, 1.807) is 0 Å². The highest BCUT2D eigenvalue weighted by atomic mass is 35.5. The molecule has 0 heterocycles. The van der Waals surface area contributed by atoms with Crippen LogP contribution in [0.2, 0.25) is 0 Å². The lowest BCUT2D eigenvalue weighted by atomic mass is 10.1. The molecule has 0 aliphatic rings. The van der Waals surface area contributed by atoms with E-state index in [1.807, 2.05) is 11.8 Å². The molecule has 1 rings (SSSR count). The van der Waals surface area contributed by atoms with Crippen molar-refractivity contribution in [1.29, 1.82) is 0 Å². The van der Waals surface area contributed by atoms with Crippen LogP contribution in [0.25, 0.3) is 0 Å². The van der Waals surface area contributed by atoms with Gasteiger partial charge >= 0.3 is 0 Å². The van der Waals surface area contributed by atoms with Crippen LogP contribution in [0.4, 0.5) is 0 Å². The van der Waals surface area contributed by atoms with Gasteiger partial charge in [0, 0.05) is 10.9 Å². The summed E-state index contributed by atoms with van der Waals surface area (Å²) in [5.41, 5.74) is 7.24. The molecule has 2 N–H and O–H groups in total. The lowest BCUT2D eigenvalue weighted by molar-refractivity contribution is 0.646. The molecular weight excluding hydrogens is 226 g/mol. The summed E-state index contributed by atoms with van der Waals surface area (Å²) < 4.78 is 0. The predicted octanol–water partition coefficient (Wildman–Crippen LogP) is 3.50. The summed E-state index contributed by atoms with van der Waals surface area (Å²) in [6, 6.07) is 9.05. The smallest absolute Gasteiger partial charge is 0.00766 e. The summed E-state index contributed by atoms with van der Waals surface area (Å²) in [7, 11) is 0. The molecule has 0 aromatic heterocycles. The molecule has 0 fully saturated rings. The SMILES string of the molecule is CCSc1ccc(CC(N)CC)cc1.Cl. The van der Waals surface area contributed by atoms with E-state index >= 15 is 0 Å². The highest BCUT2D eigenvalue weighted by Gasteiger charge is 2.00. The van der Waals surface area contributed by atoms with E-state index in [-0.39, 0.29) is 12.4 Å². The van der Waals surface area contributed by atoms with Crippen LogP contribution < -0.4 is 5.73 Å². The van der Waals surface area contributed by atoms with Gasteiger partial charge in [-0.3, -0.25) is 0 Å². The first-order valence-electron chi connectivity index (χ1n) is 5.23. The second kappa shape index (κ2) is 8.03. The zero-order valence-corrected chi connectivity index (χ0v) is 11.0. The van der Waals surface area contributed by atoms with Gasteiger partial charge in [0.05, 0.1) is 0 Å². The Bertz CT molecular complexity index is 261. The Morgan fingerprint density at radius 1 is 1.20 bits per heavy atom. The van der Waals surface area contributed by atoms with E-state index in [4.69, 9.17) is 5.73 Å². The Kier molecular flexibility index (Phi) is 7.93. The summed E-state index contributed by atoms with van der Waals surface area (Å²) in [6.45, 7) is 4.30. The summed E-state index contributed by atoms with van der Waals surface area (Å²) >= 11 is 1.88. The van der Waals surface area contributed by atoms with Gasteiger partial charge in [-0.1, -0.05) is 26.0 Å². The minimum Gasteiger partial charge on any atom is -0.327 e. The van der Waals surface area contributed by atoms with Crippen LogP contribution in [0.15, 0.2) is 29.2 Å². The molecule has 0 saturated carbocycles. The topological polar surface area (TPSA) is 26.0 Å². The van der Waals surface area contributed by atoms with E-state index < -0.39 is 0 Å². The molecule has 1 atom stereocenters. The van der Waals surface area contributed by atoms with E-state index in [9.17, 15) is 0 Å². The zero-order valence-electron chi connectivity index (χ0n) is 9.40. The summed E-state index contributed by atoms with van der Waals surface area (Å²) in [5, 5.41) is 0. The van der Waals surface area contributed by atoms with Gasteiger partial charge in [0.15, 0.2) is 0 Å². The minimum atomic E-state index is 0. The number of nitrogens with two attached hydrogens (primary N) is 1. The van der Waals surface area contributed by atoms with Crippen LogP contribution in [0.5, 0.6) is 0 Å². The fourth-order valence-corrected chi connectivity index (χ4v) is 2.00. The van der Waals surface area contributed by atoms with Crippen molar-refractivity contribution >= 4 is 24.2 Å². The average Bonchev–Trinajstić information content (AvgIpc) is 2.21. The molecule has 0 radical (unpaired) electrons. The second-order valence-corrected chi connectivity index (χ2v) is 4.79. The Morgan fingerprint density at radius 2 is 1.80 bits per heavy atom. The third kappa shape index (κ3) is 5.45. The highest BCUT2D eigenvalue weighted by Crippen LogP contribution is 2.18. The number of hydrogen-bond acceptors (Lipinski definition) is 2. The molecule has 0 aliphatic heterocycles. The van der Waals surface area contributed by atoms with Crippen molar-refractivity contribution in [3.8, 4) is 0 Å². The average molecular weight is 246 g/mol. The van der Waals surface area contributed by atoms with Gasteiger partial charge in [-0.2, -0.15) is 0 Å². The van der Waals surface area contributed by atoms with Crippen molar-refractivity contribution in [3.05, 3.63) is 29.8 Å². The Balaban J connectivity index is 0.00000196. The van der Waals surface area contributed by atoms with Crippen LogP contribution in [0, 0.1) is 0 Å². The third-order valence-corrected chi connectivity index (χ3v) is 3.15. The van der Waals surface area contributed by atoms with Crippen molar-refractivity contribution in [2.75, 3.05) is 5.75 Å². The molecule has 0 spiro atoms. The van der Waals surface area contributed by atoms with Gasteiger partial charge in [-0.25, -0.2) is 0 Å². The molecule has 1 aromatic rings. The third-order valence-electron chi connectivity index (χ3n) is 2.26. The standard InChI is InChI=1S/C12H19NS.ClH/c1-3-11(13)9-10-5-7-12(8-6-10)14-4-2;/h5-8,11H,3-4,9,13H2,1-2H3;1H. The quantitative estimate of drug-likeness (QED) is 0.804. The molecular formula is C12H20ClNS. The monoisotopic (exact) mass is 245 g/mol. The van der Waals surface area contributed by atoms with E-state index in [0.29, 0.717) is 6.04 Å². The summed E-state index contributed by atoms with van der Waals surface area (Å²) in [5.74, 6) is 1.13. The Hall–Kier alpha value is -0.180. The number of rotatable bonds is 5. The van der Waals surface area contributed by atoms with Crippen molar-refractivity contribution in [2.45, 2.75) is 37.6 Å². The first-order chi connectivity index (χ1) is 6.76. The number of hydrogen-bond donors (Lipinski definition) is 1.